The van der Waals surface area contributed by atoms with E-state index in [1.165, 1.54) is 0 Å². The summed E-state index contributed by atoms with van der Waals surface area (Å²) in [6, 6.07) is -1.66. The molecule has 0 rings (SSSR count). The van der Waals surface area contributed by atoms with Gasteiger partial charge >= 0.3 is 12.0 Å². The average molecular weight is 291 g/mol. The predicted molar refractivity (Wildman–Crippen MR) is 73.9 cm³/mol. The lowest BCUT2D eigenvalue weighted by Crippen LogP contribution is -2.47. The molecule has 0 spiro atoms. The topological polar surface area (TPSA) is 122 Å². The number of carbonyl (C=O) groups is 3. The quantitative estimate of drug-likeness (QED) is 0.476. The standard InChI is InChI=1S/C11H21N3O4S/c1-7(6-19-2)5-13-11(18)14-8(10(16)17)3-4-9(12)15/h7-8H,3-6H2,1-2H3,(H2,12,15)(H,16,17)(H2,13,14,18)/t7?,8-/m0/s1. The number of carbonyl (C=O) groups excluding carboxylic acids is 2. The minimum atomic E-state index is -1.19. The zero-order chi connectivity index (χ0) is 14.8. The van der Waals surface area contributed by atoms with E-state index >= 15 is 0 Å². The second kappa shape index (κ2) is 9.48. The number of hydrogen-bond donors (Lipinski definition) is 4. The zero-order valence-corrected chi connectivity index (χ0v) is 12.0. The first-order chi connectivity index (χ1) is 8.86. The lowest BCUT2D eigenvalue weighted by atomic mass is 10.1. The number of rotatable bonds is 9. The summed E-state index contributed by atoms with van der Waals surface area (Å²) in [4.78, 5) is 33.0. The van der Waals surface area contributed by atoms with E-state index in [9.17, 15) is 14.4 Å². The van der Waals surface area contributed by atoms with Crippen LogP contribution in [0, 0.1) is 5.92 Å². The zero-order valence-electron chi connectivity index (χ0n) is 11.1. The molecular formula is C11H21N3O4S. The highest BCUT2D eigenvalue weighted by atomic mass is 32.2. The Balaban J connectivity index is 4.10. The number of urea groups is 1. The highest BCUT2D eigenvalue weighted by Gasteiger charge is 2.20. The van der Waals surface area contributed by atoms with Crippen molar-refractivity contribution >= 4 is 29.7 Å². The van der Waals surface area contributed by atoms with Gasteiger partial charge in [0.05, 0.1) is 0 Å². The van der Waals surface area contributed by atoms with E-state index in [1.807, 2.05) is 13.2 Å². The van der Waals surface area contributed by atoms with Crippen molar-refractivity contribution in [1.29, 1.82) is 0 Å². The molecule has 0 bridgehead atoms. The van der Waals surface area contributed by atoms with Gasteiger partial charge in [-0.15, -0.1) is 0 Å². The number of hydrogen-bond acceptors (Lipinski definition) is 4. The van der Waals surface area contributed by atoms with Gasteiger partial charge in [-0.1, -0.05) is 6.92 Å². The van der Waals surface area contributed by atoms with E-state index in [1.54, 1.807) is 11.8 Å². The van der Waals surface area contributed by atoms with Gasteiger partial charge in [0.15, 0.2) is 0 Å². The Kier molecular flexibility index (Phi) is 8.77. The first kappa shape index (κ1) is 17.6. The van der Waals surface area contributed by atoms with Crippen LogP contribution in [-0.2, 0) is 9.59 Å². The SMILES string of the molecule is CSCC(C)CNC(=O)N[C@@H](CCC(N)=O)C(=O)O. The maximum Gasteiger partial charge on any atom is 0.326 e. The molecule has 1 unspecified atom stereocenters. The van der Waals surface area contributed by atoms with Gasteiger partial charge in [-0.25, -0.2) is 9.59 Å². The molecule has 7 nitrogen and oxygen atoms in total. The van der Waals surface area contributed by atoms with E-state index < -0.39 is 23.9 Å². The van der Waals surface area contributed by atoms with Gasteiger partial charge in [0.2, 0.25) is 5.91 Å². The summed E-state index contributed by atoms with van der Waals surface area (Å²) in [6.45, 7) is 2.45. The Morgan fingerprint density at radius 1 is 1.37 bits per heavy atom. The molecule has 0 aromatic rings. The number of carboxylic acid groups (broad SMARTS) is 1. The van der Waals surface area contributed by atoms with Crippen molar-refractivity contribution in [3.63, 3.8) is 0 Å². The number of thioether (sulfide) groups is 1. The normalized spacial score (nSPS) is 13.4. The summed E-state index contributed by atoms with van der Waals surface area (Å²) in [5.41, 5.74) is 4.94. The summed E-state index contributed by atoms with van der Waals surface area (Å²) in [5.74, 6) is -0.574. The van der Waals surface area contributed by atoms with Crippen molar-refractivity contribution in [2.45, 2.75) is 25.8 Å². The minimum absolute atomic E-state index is 0.0154. The fraction of sp³-hybridized carbons (Fsp3) is 0.727. The molecule has 8 heteroatoms. The monoisotopic (exact) mass is 291 g/mol. The lowest BCUT2D eigenvalue weighted by molar-refractivity contribution is -0.139. The fourth-order valence-corrected chi connectivity index (χ4v) is 2.05. The maximum atomic E-state index is 11.5. The van der Waals surface area contributed by atoms with Crippen LogP contribution in [0.2, 0.25) is 0 Å². The van der Waals surface area contributed by atoms with Crippen molar-refractivity contribution in [3.05, 3.63) is 0 Å². The average Bonchev–Trinajstić information content (AvgIpc) is 2.31. The molecule has 0 aromatic carbocycles. The molecule has 0 saturated carbocycles. The van der Waals surface area contributed by atoms with E-state index in [0.29, 0.717) is 12.5 Å². The second-order valence-corrected chi connectivity index (χ2v) is 5.22. The summed E-state index contributed by atoms with van der Waals surface area (Å²) < 4.78 is 0. The van der Waals surface area contributed by atoms with Crippen molar-refractivity contribution in [1.82, 2.24) is 10.6 Å². The van der Waals surface area contributed by atoms with Crippen LogP contribution >= 0.6 is 11.8 Å². The molecule has 0 aliphatic carbocycles. The van der Waals surface area contributed by atoms with Gasteiger partial charge in [0.1, 0.15) is 6.04 Å². The molecule has 110 valence electrons. The smallest absolute Gasteiger partial charge is 0.326 e. The van der Waals surface area contributed by atoms with E-state index in [4.69, 9.17) is 10.8 Å². The van der Waals surface area contributed by atoms with Crippen LogP contribution in [-0.4, -0.2) is 47.6 Å². The molecule has 0 aliphatic heterocycles. The first-order valence-corrected chi connectivity index (χ1v) is 7.30. The molecule has 0 aliphatic rings. The molecule has 0 aromatic heterocycles. The molecule has 5 N–H and O–H groups in total. The lowest BCUT2D eigenvalue weighted by Gasteiger charge is -2.16. The van der Waals surface area contributed by atoms with Crippen molar-refractivity contribution in [3.8, 4) is 0 Å². The van der Waals surface area contributed by atoms with Crippen LogP contribution in [0.3, 0.4) is 0 Å². The minimum Gasteiger partial charge on any atom is -0.480 e. The Morgan fingerprint density at radius 3 is 2.47 bits per heavy atom. The van der Waals surface area contributed by atoms with Gasteiger partial charge < -0.3 is 21.5 Å². The number of primary amides is 1. The maximum absolute atomic E-state index is 11.5. The fourth-order valence-electron chi connectivity index (χ4n) is 1.36. The highest BCUT2D eigenvalue weighted by Crippen LogP contribution is 2.02. The van der Waals surface area contributed by atoms with Crippen LogP contribution in [0.25, 0.3) is 0 Å². The number of amides is 3. The Morgan fingerprint density at radius 2 is 2.00 bits per heavy atom. The number of carboxylic acids is 1. The van der Waals surface area contributed by atoms with Crippen LogP contribution in [0.15, 0.2) is 0 Å². The van der Waals surface area contributed by atoms with Gasteiger partial charge in [0, 0.05) is 13.0 Å². The molecule has 19 heavy (non-hydrogen) atoms. The molecule has 0 radical (unpaired) electrons. The number of nitrogens with one attached hydrogen (secondary N) is 2. The summed E-state index contributed by atoms with van der Waals surface area (Å²) in [7, 11) is 0. The third-order valence-corrected chi connectivity index (χ3v) is 3.25. The van der Waals surface area contributed by atoms with Crippen molar-refractivity contribution in [2.75, 3.05) is 18.6 Å². The molecule has 0 heterocycles. The summed E-state index contributed by atoms with van der Waals surface area (Å²) in [5, 5.41) is 13.8. The van der Waals surface area contributed by atoms with Crippen LogP contribution in [0.1, 0.15) is 19.8 Å². The second-order valence-electron chi connectivity index (χ2n) is 4.31. The van der Waals surface area contributed by atoms with Gasteiger partial charge in [-0.2, -0.15) is 11.8 Å². The first-order valence-electron chi connectivity index (χ1n) is 5.91. The van der Waals surface area contributed by atoms with Crippen molar-refractivity contribution < 1.29 is 19.5 Å². The number of aliphatic carboxylic acids is 1. The third-order valence-electron chi connectivity index (χ3n) is 2.35. The van der Waals surface area contributed by atoms with Crippen molar-refractivity contribution in [2.24, 2.45) is 11.7 Å². The molecule has 0 saturated heterocycles. The van der Waals surface area contributed by atoms with E-state index in [0.717, 1.165) is 5.75 Å². The van der Waals surface area contributed by atoms with Gasteiger partial charge in [0.25, 0.3) is 0 Å². The molecular weight excluding hydrogens is 270 g/mol. The summed E-state index contributed by atoms with van der Waals surface area (Å²) >= 11 is 1.67. The van der Waals surface area contributed by atoms with E-state index in [2.05, 4.69) is 10.6 Å². The van der Waals surface area contributed by atoms with Crippen LogP contribution in [0.4, 0.5) is 4.79 Å². The Bertz CT molecular complexity index is 325. The molecule has 3 amide bonds. The molecule has 0 fully saturated rings. The largest absolute Gasteiger partial charge is 0.480 e. The highest BCUT2D eigenvalue weighted by molar-refractivity contribution is 7.98. The van der Waals surface area contributed by atoms with E-state index in [-0.39, 0.29) is 12.8 Å². The Hall–Kier alpha value is -1.44. The van der Waals surface area contributed by atoms with Gasteiger partial charge in [-0.3, -0.25) is 4.79 Å². The summed E-state index contributed by atoms with van der Waals surface area (Å²) in [6.07, 6.45) is 1.87. The Labute approximate surface area is 116 Å². The third kappa shape index (κ3) is 9.18. The van der Waals surface area contributed by atoms with Gasteiger partial charge in [-0.05, 0) is 24.3 Å². The van der Waals surface area contributed by atoms with Crippen LogP contribution in [0.5, 0.6) is 0 Å². The molecule has 2 atom stereocenters. The number of nitrogens with two attached hydrogens (primary N) is 1. The predicted octanol–water partition coefficient (Wildman–Crippen LogP) is 0.00340. The van der Waals surface area contributed by atoms with Crippen LogP contribution < -0.4 is 16.4 Å².